The average molecular weight is 389 g/mol. The molecule has 0 aromatic heterocycles. The Hall–Kier alpha value is -3.52. The quantitative estimate of drug-likeness (QED) is 0.343. The first-order valence-electron chi connectivity index (χ1n) is 10.4. The van der Waals surface area contributed by atoms with E-state index in [4.69, 9.17) is 9.98 Å². The van der Waals surface area contributed by atoms with Crippen LogP contribution in [0.4, 0.5) is 11.4 Å². The van der Waals surface area contributed by atoms with Crippen molar-refractivity contribution in [2.75, 3.05) is 0 Å². The summed E-state index contributed by atoms with van der Waals surface area (Å²) in [5, 5.41) is 2.47. The van der Waals surface area contributed by atoms with Crippen LogP contribution in [0.2, 0.25) is 0 Å². The minimum Gasteiger partial charge on any atom is -0.246 e. The number of aryl methyl sites for hydroxylation is 4. The van der Waals surface area contributed by atoms with Crippen molar-refractivity contribution in [1.82, 2.24) is 0 Å². The summed E-state index contributed by atoms with van der Waals surface area (Å²) in [6.45, 7) is 8.47. The first-order valence-corrected chi connectivity index (χ1v) is 10.4. The van der Waals surface area contributed by atoms with Crippen LogP contribution in [0.3, 0.4) is 0 Å². The topological polar surface area (TPSA) is 24.7 Å². The van der Waals surface area contributed by atoms with Gasteiger partial charge in [0.1, 0.15) is 0 Å². The monoisotopic (exact) mass is 388 g/mol. The van der Waals surface area contributed by atoms with Crippen LogP contribution in [0, 0.1) is 27.7 Å². The number of aliphatic imine (C=N–C) groups is 2. The smallest absolute Gasteiger partial charge is 0.0978 e. The second kappa shape index (κ2) is 7.07. The summed E-state index contributed by atoms with van der Waals surface area (Å²) in [5.74, 6) is 0. The molecule has 0 amide bonds. The zero-order chi connectivity index (χ0) is 20.8. The highest BCUT2D eigenvalue weighted by Gasteiger charge is 2.27. The van der Waals surface area contributed by atoms with Crippen molar-refractivity contribution in [2.45, 2.75) is 27.7 Å². The molecule has 0 spiro atoms. The van der Waals surface area contributed by atoms with Gasteiger partial charge in [0.15, 0.2) is 0 Å². The molecular formula is C28H24N2. The molecule has 0 fully saturated rings. The van der Waals surface area contributed by atoms with Crippen LogP contribution in [0.25, 0.3) is 10.8 Å². The van der Waals surface area contributed by atoms with Gasteiger partial charge >= 0.3 is 0 Å². The Labute approximate surface area is 177 Å². The molecule has 0 radical (unpaired) electrons. The van der Waals surface area contributed by atoms with Crippen LogP contribution in [0.5, 0.6) is 0 Å². The van der Waals surface area contributed by atoms with Crippen LogP contribution in [-0.4, -0.2) is 11.4 Å². The molecule has 4 aromatic rings. The first-order chi connectivity index (χ1) is 14.5. The Morgan fingerprint density at radius 3 is 1.43 bits per heavy atom. The minimum absolute atomic E-state index is 0.953. The highest BCUT2D eigenvalue weighted by Crippen LogP contribution is 2.35. The molecule has 0 saturated heterocycles. The van der Waals surface area contributed by atoms with Gasteiger partial charge in [0.2, 0.25) is 0 Å². The Morgan fingerprint density at radius 1 is 0.533 bits per heavy atom. The minimum atomic E-state index is 0.953. The molecule has 0 N–H and O–H groups in total. The molecule has 0 aliphatic heterocycles. The maximum absolute atomic E-state index is 5.15. The van der Waals surface area contributed by atoms with E-state index >= 15 is 0 Å². The third kappa shape index (κ3) is 3.05. The number of rotatable bonds is 2. The van der Waals surface area contributed by atoms with Gasteiger partial charge in [-0.05, 0) is 56.3 Å². The third-order valence-corrected chi connectivity index (χ3v) is 5.81. The van der Waals surface area contributed by atoms with E-state index in [0.717, 1.165) is 33.9 Å². The summed E-state index contributed by atoms with van der Waals surface area (Å²) in [7, 11) is 0. The molecule has 2 heteroatoms. The van der Waals surface area contributed by atoms with Crippen molar-refractivity contribution in [3.05, 3.63) is 106 Å². The largest absolute Gasteiger partial charge is 0.246 e. The predicted molar refractivity (Wildman–Crippen MR) is 128 cm³/mol. The molecule has 0 saturated carbocycles. The fourth-order valence-electron chi connectivity index (χ4n) is 4.32. The molecule has 5 rings (SSSR count). The van der Waals surface area contributed by atoms with Crippen molar-refractivity contribution in [2.24, 2.45) is 9.98 Å². The van der Waals surface area contributed by atoms with Crippen LogP contribution in [0.15, 0.2) is 82.8 Å². The summed E-state index contributed by atoms with van der Waals surface area (Å²) in [4.78, 5) is 10.3. The lowest BCUT2D eigenvalue weighted by Crippen LogP contribution is -2.10. The van der Waals surface area contributed by atoms with Gasteiger partial charge in [-0.15, -0.1) is 0 Å². The van der Waals surface area contributed by atoms with Crippen LogP contribution in [-0.2, 0) is 0 Å². The predicted octanol–water partition coefficient (Wildman–Crippen LogP) is 7.33. The highest BCUT2D eigenvalue weighted by molar-refractivity contribution is 6.61. The average Bonchev–Trinajstić information content (AvgIpc) is 3.01. The zero-order valence-electron chi connectivity index (χ0n) is 17.8. The summed E-state index contributed by atoms with van der Waals surface area (Å²) >= 11 is 0. The van der Waals surface area contributed by atoms with Gasteiger partial charge in [0.25, 0.3) is 0 Å². The Bertz CT molecular complexity index is 1270. The van der Waals surface area contributed by atoms with Gasteiger partial charge in [-0.25, -0.2) is 9.98 Å². The lowest BCUT2D eigenvalue weighted by Gasteiger charge is -2.08. The fourth-order valence-corrected chi connectivity index (χ4v) is 4.32. The molecule has 2 nitrogen and oxygen atoms in total. The lowest BCUT2D eigenvalue weighted by molar-refractivity contribution is 1.34. The normalized spacial score (nSPS) is 15.5. The van der Waals surface area contributed by atoms with Crippen molar-refractivity contribution < 1.29 is 0 Å². The first kappa shape index (κ1) is 18.5. The van der Waals surface area contributed by atoms with Crippen LogP contribution >= 0.6 is 0 Å². The number of benzene rings is 4. The maximum atomic E-state index is 5.15. The molecule has 0 unspecified atom stereocenters. The van der Waals surface area contributed by atoms with Gasteiger partial charge in [-0.3, -0.25) is 0 Å². The summed E-state index contributed by atoms with van der Waals surface area (Å²) in [6, 6.07) is 25.7. The molecule has 146 valence electrons. The molecule has 0 bridgehead atoms. The molecular weight excluding hydrogens is 364 g/mol. The van der Waals surface area contributed by atoms with Crippen molar-refractivity contribution in [1.29, 1.82) is 0 Å². The van der Waals surface area contributed by atoms with E-state index in [0.29, 0.717) is 0 Å². The van der Waals surface area contributed by atoms with E-state index in [1.807, 2.05) is 0 Å². The van der Waals surface area contributed by atoms with Gasteiger partial charge in [0.05, 0.1) is 22.8 Å². The zero-order valence-corrected chi connectivity index (χ0v) is 17.8. The molecule has 1 aliphatic rings. The Morgan fingerprint density at radius 2 is 1.00 bits per heavy atom. The summed E-state index contributed by atoms with van der Waals surface area (Å²) in [6.07, 6.45) is 0. The summed E-state index contributed by atoms with van der Waals surface area (Å²) in [5.41, 5.74) is 11.1. The molecule has 0 heterocycles. The molecule has 30 heavy (non-hydrogen) atoms. The fraction of sp³-hybridized carbons (Fsp3) is 0.143. The summed E-state index contributed by atoms with van der Waals surface area (Å²) < 4.78 is 0. The second-order valence-electron chi connectivity index (χ2n) is 8.21. The van der Waals surface area contributed by atoms with E-state index in [2.05, 4.69) is 100 Å². The van der Waals surface area contributed by atoms with E-state index in [-0.39, 0.29) is 0 Å². The van der Waals surface area contributed by atoms with Gasteiger partial charge in [-0.1, -0.05) is 71.8 Å². The number of nitrogens with zero attached hydrogens (tertiary/aromatic N) is 2. The standard InChI is InChI=1S/C28H24N2/c1-17-11-13-24(19(3)15-17)29-27-22-9-5-7-21-8-6-10-23(26(21)22)28(27)30-25-14-12-18(2)16-20(25)4/h5-16H,1-4H3. The van der Waals surface area contributed by atoms with Crippen LogP contribution in [0.1, 0.15) is 33.4 Å². The van der Waals surface area contributed by atoms with E-state index in [9.17, 15) is 0 Å². The molecule has 0 atom stereocenters. The van der Waals surface area contributed by atoms with Crippen LogP contribution < -0.4 is 0 Å². The van der Waals surface area contributed by atoms with E-state index in [1.54, 1.807) is 0 Å². The molecule has 4 aromatic carbocycles. The maximum Gasteiger partial charge on any atom is 0.0978 e. The van der Waals surface area contributed by atoms with Crippen molar-refractivity contribution in [3.63, 3.8) is 0 Å². The van der Waals surface area contributed by atoms with E-state index < -0.39 is 0 Å². The van der Waals surface area contributed by atoms with Crippen molar-refractivity contribution >= 4 is 33.6 Å². The van der Waals surface area contributed by atoms with Gasteiger partial charge in [-0.2, -0.15) is 0 Å². The second-order valence-corrected chi connectivity index (χ2v) is 8.21. The van der Waals surface area contributed by atoms with Gasteiger partial charge in [0, 0.05) is 16.5 Å². The van der Waals surface area contributed by atoms with E-state index in [1.165, 1.54) is 33.0 Å². The number of hydrogen-bond acceptors (Lipinski definition) is 2. The Balaban J connectivity index is 1.79. The van der Waals surface area contributed by atoms with Gasteiger partial charge < -0.3 is 0 Å². The third-order valence-electron chi connectivity index (χ3n) is 5.81. The molecule has 1 aliphatic carbocycles. The Kier molecular flexibility index (Phi) is 4.36. The lowest BCUT2D eigenvalue weighted by atomic mass is 10.1. The van der Waals surface area contributed by atoms with Crippen molar-refractivity contribution in [3.8, 4) is 0 Å². The highest BCUT2D eigenvalue weighted by atomic mass is 14.8. The number of hydrogen-bond donors (Lipinski definition) is 0. The SMILES string of the molecule is Cc1ccc(N=C2C(=Nc3ccc(C)cc3C)c3cccc4cccc2c34)c(C)c1.